The molecule has 0 bridgehead atoms. The molecule has 46 heavy (non-hydrogen) atoms. The van der Waals surface area contributed by atoms with Gasteiger partial charge in [-0.3, -0.25) is 4.79 Å². The minimum atomic E-state index is 0.278. The Morgan fingerprint density at radius 1 is 0.348 bits per heavy atom. The summed E-state index contributed by atoms with van der Waals surface area (Å²) in [6.45, 7) is 5.47. The highest BCUT2D eigenvalue weighted by molar-refractivity contribution is 5.75. The third-order valence-electron chi connectivity index (χ3n) is 10.0. The van der Waals surface area contributed by atoms with E-state index in [1.54, 1.807) is 0 Å². The van der Waals surface area contributed by atoms with Crippen LogP contribution in [0.25, 0.3) is 0 Å². The Bertz CT molecular complexity index is 584. The van der Waals surface area contributed by atoms with Crippen LogP contribution in [0.1, 0.15) is 258 Å². The molecule has 2 heteroatoms. The average molecular weight is 646 g/mol. The number of amides is 1. The number of unbranched alkanes of at least 4 members (excludes halogenated alkanes) is 34. The van der Waals surface area contributed by atoms with Crippen LogP contribution in [0.15, 0.2) is 12.2 Å². The van der Waals surface area contributed by atoms with Crippen molar-refractivity contribution in [3.8, 4) is 0 Å². The highest BCUT2D eigenvalue weighted by Crippen LogP contribution is 2.15. The van der Waals surface area contributed by atoms with Crippen molar-refractivity contribution in [2.24, 2.45) is 0 Å². The Balaban J connectivity index is 3.17. The van der Waals surface area contributed by atoms with E-state index < -0.39 is 0 Å². The number of nitrogens with one attached hydrogen (secondary N) is 1. The van der Waals surface area contributed by atoms with E-state index in [0.29, 0.717) is 0 Å². The number of hydrogen-bond acceptors (Lipinski definition) is 1. The Morgan fingerprint density at radius 2 is 0.609 bits per heavy atom. The third kappa shape index (κ3) is 41.2. The largest absolute Gasteiger partial charge is 0.356 e. The molecule has 0 heterocycles. The van der Waals surface area contributed by atoms with E-state index in [1.807, 2.05) is 0 Å². The summed E-state index contributed by atoms with van der Waals surface area (Å²) in [6, 6.07) is 0. The minimum absolute atomic E-state index is 0.278. The summed E-state index contributed by atoms with van der Waals surface area (Å²) in [5.74, 6) is 0.278. The van der Waals surface area contributed by atoms with Crippen molar-refractivity contribution in [3.63, 3.8) is 0 Å². The van der Waals surface area contributed by atoms with Gasteiger partial charge in [0.15, 0.2) is 0 Å². The molecule has 0 fully saturated rings. The van der Waals surface area contributed by atoms with Crippen LogP contribution in [0.4, 0.5) is 0 Å². The van der Waals surface area contributed by atoms with Gasteiger partial charge in [0.2, 0.25) is 5.91 Å². The number of allylic oxidation sites excluding steroid dienone is 2. The standard InChI is InChI=1S/C44H87NO/c1-3-5-7-9-11-13-15-17-19-21-23-25-27-29-31-33-35-37-39-41-43-45-44(46)42-40-38-36-34-32-30-28-26-24-22-20-18-16-14-12-10-8-6-4-2/h17,19H,3-16,18,20-43H2,1-2H3,(H,45,46)/b19-17-. The summed E-state index contributed by atoms with van der Waals surface area (Å²) >= 11 is 0. The average Bonchev–Trinajstić information content (AvgIpc) is 3.06. The smallest absolute Gasteiger partial charge is 0.219 e. The van der Waals surface area contributed by atoms with Gasteiger partial charge in [0.1, 0.15) is 0 Å². The van der Waals surface area contributed by atoms with Gasteiger partial charge < -0.3 is 5.32 Å². The van der Waals surface area contributed by atoms with Gasteiger partial charge in [-0.25, -0.2) is 0 Å². The van der Waals surface area contributed by atoms with Crippen molar-refractivity contribution in [2.45, 2.75) is 258 Å². The second-order valence-electron chi connectivity index (χ2n) is 14.8. The fourth-order valence-corrected chi connectivity index (χ4v) is 6.76. The maximum absolute atomic E-state index is 12.1. The van der Waals surface area contributed by atoms with Crippen molar-refractivity contribution in [1.29, 1.82) is 0 Å². The molecule has 1 N–H and O–H groups in total. The molecule has 0 aliphatic heterocycles. The fraction of sp³-hybridized carbons (Fsp3) is 0.932. The lowest BCUT2D eigenvalue weighted by Gasteiger charge is -2.06. The molecule has 2 nitrogen and oxygen atoms in total. The van der Waals surface area contributed by atoms with E-state index in [9.17, 15) is 4.79 Å². The minimum Gasteiger partial charge on any atom is -0.356 e. The van der Waals surface area contributed by atoms with Crippen LogP contribution in [0.2, 0.25) is 0 Å². The highest BCUT2D eigenvalue weighted by Gasteiger charge is 2.01. The summed E-state index contributed by atoms with van der Waals surface area (Å²) < 4.78 is 0. The molecule has 0 aliphatic rings. The van der Waals surface area contributed by atoms with Gasteiger partial charge in [0.25, 0.3) is 0 Å². The van der Waals surface area contributed by atoms with Crippen LogP contribution < -0.4 is 5.32 Å². The summed E-state index contributed by atoms with van der Waals surface area (Å²) in [5, 5.41) is 3.16. The van der Waals surface area contributed by atoms with Gasteiger partial charge in [-0.2, -0.15) is 0 Å². The topological polar surface area (TPSA) is 29.1 Å². The molecule has 0 saturated heterocycles. The summed E-state index contributed by atoms with van der Waals surface area (Å²) in [7, 11) is 0. The van der Waals surface area contributed by atoms with E-state index in [0.717, 1.165) is 25.8 Å². The maximum Gasteiger partial charge on any atom is 0.219 e. The van der Waals surface area contributed by atoms with E-state index >= 15 is 0 Å². The molecule has 0 radical (unpaired) electrons. The van der Waals surface area contributed by atoms with Gasteiger partial charge in [0.05, 0.1) is 0 Å². The van der Waals surface area contributed by atoms with Gasteiger partial charge >= 0.3 is 0 Å². The molecule has 0 rings (SSSR count). The predicted octanol–water partition coefficient (Wildman–Crippen LogP) is 15.5. The van der Waals surface area contributed by atoms with Crippen molar-refractivity contribution < 1.29 is 4.79 Å². The molecule has 0 aromatic rings. The Morgan fingerprint density at radius 3 is 0.935 bits per heavy atom. The molecular weight excluding hydrogens is 558 g/mol. The fourth-order valence-electron chi connectivity index (χ4n) is 6.76. The maximum atomic E-state index is 12.1. The van der Waals surface area contributed by atoms with Crippen LogP contribution >= 0.6 is 0 Å². The predicted molar refractivity (Wildman–Crippen MR) is 209 cm³/mol. The van der Waals surface area contributed by atoms with E-state index in [4.69, 9.17) is 0 Å². The monoisotopic (exact) mass is 646 g/mol. The second kappa shape index (κ2) is 42.2. The van der Waals surface area contributed by atoms with Gasteiger partial charge in [-0.15, -0.1) is 0 Å². The molecule has 0 spiro atoms. The molecule has 0 aliphatic carbocycles. The zero-order chi connectivity index (χ0) is 33.3. The first-order valence-electron chi connectivity index (χ1n) is 21.7. The Kier molecular flexibility index (Phi) is 41.5. The first-order valence-corrected chi connectivity index (χ1v) is 21.7. The van der Waals surface area contributed by atoms with Gasteiger partial charge in [-0.1, -0.05) is 225 Å². The number of carbonyl (C=O) groups is 1. The molecule has 274 valence electrons. The number of hydrogen-bond donors (Lipinski definition) is 1. The lowest BCUT2D eigenvalue weighted by molar-refractivity contribution is -0.121. The molecule has 0 aromatic carbocycles. The van der Waals surface area contributed by atoms with Crippen LogP contribution in [-0.4, -0.2) is 12.5 Å². The Hall–Kier alpha value is -0.790. The zero-order valence-corrected chi connectivity index (χ0v) is 32.1. The van der Waals surface area contributed by atoms with Gasteiger partial charge in [0, 0.05) is 13.0 Å². The van der Waals surface area contributed by atoms with Gasteiger partial charge in [-0.05, 0) is 38.5 Å². The molecule has 0 saturated carbocycles. The zero-order valence-electron chi connectivity index (χ0n) is 32.1. The number of rotatable bonds is 40. The van der Waals surface area contributed by atoms with Crippen LogP contribution in [0.3, 0.4) is 0 Å². The van der Waals surface area contributed by atoms with Crippen LogP contribution in [0.5, 0.6) is 0 Å². The van der Waals surface area contributed by atoms with E-state index in [1.165, 1.54) is 225 Å². The van der Waals surface area contributed by atoms with Crippen molar-refractivity contribution in [1.82, 2.24) is 5.32 Å². The van der Waals surface area contributed by atoms with Crippen LogP contribution in [0, 0.1) is 0 Å². The molecule has 0 unspecified atom stereocenters. The highest BCUT2D eigenvalue weighted by atomic mass is 16.1. The van der Waals surface area contributed by atoms with Crippen molar-refractivity contribution in [3.05, 3.63) is 12.2 Å². The normalized spacial score (nSPS) is 11.6. The summed E-state index contributed by atoms with van der Waals surface area (Å²) in [6.07, 6.45) is 56.7. The summed E-state index contributed by atoms with van der Waals surface area (Å²) in [4.78, 5) is 12.1. The second-order valence-corrected chi connectivity index (χ2v) is 14.8. The van der Waals surface area contributed by atoms with E-state index in [2.05, 4.69) is 31.3 Å². The quantitative estimate of drug-likeness (QED) is 0.0521. The lowest BCUT2D eigenvalue weighted by atomic mass is 10.0. The Labute approximate surface area is 291 Å². The first-order chi connectivity index (χ1) is 22.8. The summed E-state index contributed by atoms with van der Waals surface area (Å²) in [5.41, 5.74) is 0. The lowest BCUT2D eigenvalue weighted by Crippen LogP contribution is -2.23. The van der Waals surface area contributed by atoms with Crippen molar-refractivity contribution in [2.75, 3.05) is 6.54 Å². The van der Waals surface area contributed by atoms with Crippen molar-refractivity contribution >= 4 is 5.91 Å². The SMILES string of the molecule is CCCCCCCC/C=C\CCCCCCCCCCCCNC(=O)CCCCCCCCCCCCCCCCCCCCC. The molecular formula is C44H87NO. The third-order valence-corrected chi connectivity index (χ3v) is 10.0. The molecule has 1 amide bonds. The first kappa shape index (κ1) is 45.2. The van der Waals surface area contributed by atoms with Crippen LogP contribution in [-0.2, 0) is 4.79 Å². The molecule has 0 aromatic heterocycles. The molecule has 0 atom stereocenters. The number of carbonyl (C=O) groups excluding carboxylic acids is 1. The van der Waals surface area contributed by atoms with E-state index in [-0.39, 0.29) is 5.91 Å².